The molecule has 13 heavy (non-hydrogen) atoms. The van der Waals surface area contributed by atoms with Crippen LogP contribution in [0.3, 0.4) is 0 Å². The highest BCUT2D eigenvalue weighted by molar-refractivity contribution is 6.37. The van der Waals surface area contributed by atoms with Crippen LogP contribution < -0.4 is 5.73 Å². The predicted molar refractivity (Wildman–Crippen MR) is 55.3 cm³/mol. The van der Waals surface area contributed by atoms with E-state index in [1.807, 2.05) is 0 Å². The molecular formula is C9H9Cl2NO. The molecule has 0 aliphatic rings. The first kappa shape index (κ1) is 10.4. The monoisotopic (exact) mass is 217 g/mol. The Kier molecular flexibility index (Phi) is 3.20. The van der Waals surface area contributed by atoms with E-state index in [1.54, 1.807) is 18.2 Å². The lowest BCUT2D eigenvalue weighted by atomic mass is 10.1. The van der Waals surface area contributed by atoms with Gasteiger partial charge in [-0.1, -0.05) is 29.3 Å². The van der Waals surface area contributed by atoms with Crippen molar-refractivity contribution in [2.75, 3.05) is 0 Å². The maximum Gasteiger partial charge on any atom is 0.152 e. The molecule has 2 nitrogen and oxygen atoms in total. The zero-order valence-electron chi connectivity index (χ0n) is 6.80. The summed E-state index contributed by atoms with van der Waals surface area (Å²) < 4.78 is 0. The quantitative estimate of drug-likeness (QED) is 0.749. The third-order valence-electron chi connectivity index (χ3n) is 1.68. The van der Waals surface area contributed by atoms with Gasteiger partial charge in [0.1, 0.15) is 0 Å². The smallest absolute Gasteiger partial charge is 0.152 e. The highest BCUT2D eigenvalue weighted by Gasteiger charge is 2.09. The van der Waals surface area contributed by atoms with E-state index < -0.39 is 0 Å². The van der Waals surface area contributed by atoms with E-state index in [9.17, 15) is 5.11 Å². The molecule has 0 aromatic heterocycles. The van der Waals surface area contributed by atoms with Gasteiger partial charge in [0.25, 0.3) is 0 Å². The second kappa shape index (κ2) is 4.01. The number of halogens is 2. The number of hydrogen-bond acceptors (Lipinski definition) is 2. The normalized spacial score (nSPS) is 12.5. The highest BCUT2D eigenvalue weighted by Crippen LogP contribution is 2.34. The molecule has 4 heteroatoms. The first-order chi connectivity index (χ1) is 6.06. The summed E-state index contributed by atoms with van der Waals surface area (Å²) in [7, 11) is 0. The fraction of sp³-hybridized carbons (Fsp3) is 0.111. The Morgan fingerprint density at radius 3 is 2.23 bits per heavy atom. The molecule has 0 saturated heterocycles. The van der Waals surface area contributed by atoms with Crippen molar-refractivity contribution in [3.05, 3.63) is 40.4 Å². The molecule has 70 valence electrons. The van der Waals surface area contributed by atoms with Crippen molar-refractivity contribution in [2.24, 2.45) is 5.73 Å². The van der Waals surface area contributed by atoms with Gasteiger partial charge in [0.15, 0.2) is 5.75 Å². The first-order valence-corrected chi connectivity index (χ1v) is 4.38. The minimum atomic E-state index is -0.324. The van der Waals surface area contributed by atoms with Crippen LogP contribution in [0.25, 0.3) is 0 Å². The van der Waals surface area contributed by atoms with Crippen LogP contribution in [0.1, 0.15) is 11.6 Å². The van der Waals surface area contributed by atoms with E-state index in [2.05, 4.69) is 6.58 Å². The molecule has 0 fully saturated rings. The molecule has 0 radical (unpaired) electrons. The second-order valence-corrected chi connectivity index (χ2v) is 3.41. The van der Waals surface area contributed by atoms with Crippen molar-refractivity contribution in [3.63, 3.8) is 0 Å². The standard InChI is InChI=1S/C9H9Cl2NO/c1-2-8(12)5-3-6(10)9(13)7(11)4-5/h2-4,8,13H,1,12H2/t8-/m0/s1. The van der Waals surface area contributed by atoms with Gasteiger partial charge in [0, 0.05) is 6.04 Å². The SMILES string of the molecule is C=C[C@H](N)c1cc(Cl)c(O)c(Cl)c1. The van der Waals surface area contributed by atoms with E-state index in [4.69, 9.17) is 28.9 Å². The van der Waals surface area contributed by atoms with Gasteiger partial charge in [0.2, 0.25) is 0 Å². The van der Waals surface area contributed by atoms with Crippen molar-refractivity contribution in [3.8, 4) is 5.75 Å². The average molecular weight is 218 g/mol. The highest BCUT2D eigenvalue weighted by atomic mass is 35.5. The zero-order chi connectivity index (χ0) is 10.0. The predicted octanol–water partition coefficient (Wildman–Crippen LogP) is 2.88. The molecule has 0 bridgehead atoms. The topological polar surface area (TPSA) is 46.2 Å². The summed E-state index contributed by atoms with van der Waals surface area (Å²) in [6, 6.07) is 2.81. The Bertz CT molecular complexity index is 315. The molecule has 0 aliphatic carbocycles. The summed E-state index contributed by atoms with van der Waals surface area (Å²) in [5.74, 6) is -0.122. The summed E-state index contributed by atoms with van der Waals surface area (Å²) in [5, 5.41) is 9.64. The Hall–Kier alpha value is -0.700. The lowest BCUT2D eigenvalue weighted by Crippen LogP contribution is -2.06. The number of hydrogen-bond donors (Lipinski definition) is 2. The van der Waals surface area contributed by atoms with Crippen molar-refractivity contribution in [1.29, 1.82) is 0 Å². The van der Waals surface area contributed by atoms with E-state index >= 15 is 0 Å². The Morgan fingerprint density at radius 1 is 1.38 bits per heavy atom. The Balaban J connectivity index is 3.20. The minimum Gasteiger partial charge on any atom is -0.505 e. The van der Waals surface area contributed by atoms with Crippen LogP contribution in [0.15, 0.2) is 24.8 Å². The van der Waals surface area contributed by atoms with Gasteiger partial charge in [-0.15, -0.1) is 6.58 Å². The van der Waals surface area contributed by atoms with Crippen LogP contribution in [-0.4, -0.2) is 5.11 Å². The van der Waals surface area contributed by atoms with Crippen molar-refractivity contribution < 1.29 is 5.11 Å². The maximum absolute atomic E-state index is 9.25. The van der Waals surface area contributed by atoms with Crippen molar-refractivity contribution >= 4 is 23.2 Å². The second-order valence-electron chi connectivity index (χ2n) is 2.59. The average Bonchev–Trinajstić information content (AvgIpc) is 2.12. The molecular weight excluding hydrogens is 209 g/mol. The van der Waals surface area contributed by atoms with Crippen LogP contribution in [0.4, 0.5) is 0 Å². The zero-order valence-corrected chi connectivity index (χ0v) is 8.31. The van der Waals surface area contributed by atoms with E-state index in [0.29, 0.717) is 0 Å². The number of phenolic OH excluding ortho intramolecular Hbond substituents is 1. The summed E-state index contributed by atoms with van der Waals surface area (Å²) in [6.07, 6.45) is 1.57. The fourth-order valence-electron chi connectivity index (χ4n) is 0.914. The minimum absolute atomic E-state index is 0.122. The number of nitrogens with two attached hydrogens (primary N) is 1. The summed E-state index contributed by atoms with van der Waals surface area (Å²) in [6.45, 7) is 3.55. The lowest BCUT2D eigenvalue weighted by molar-refractivity contribution is 0.475. The molecule has 0 heterocycles. The van der Waals surface area contributed by atoms with Crippen molar-refractivity contribution in [1.82, 2.24) is 0 Å². The van der Waals surface area contributed by atoms with Gasteiger partial charge in [-0.05, 0) is 17.7 Å². The molecule has 1 rings (SSSR count). The maximum atomic E-state index is 9.25. The third-order valence-corrected chi connectivity index (χ3v) is 2.25. The molecule has 1 atom stereocenters. The van der Waals surface area contributed by atoms with E-state index in [-0.39, 0.29) is 21.8 Å². The lowest BCUT2D eigenvalue weighted by Gasteiger charge is -2.08. The number of phenols is 1. The first-order valence-electron chi connectivity index (χ1n) is 3.62. The molecule has 0 amide bonds. The van der Waals surface area contributed by atoms with Crippen molar-refractivity contribution in [2.45, 2.75) is 6.04 Å². The summed E-state index contributed by atoms with van der Waals surface area (Å²) in [4.78, 5) is 0. The molecule has 1 aromatic carbocycles. The summed E-state index contributed by atoms with van der Waals surface area (Å²) >= 11 is 11.4. The van der Waals surface area contributed by atoms with Gasteiger partial charge in [-0.25, -0.2) is 0 Å². The number of benzene rings is 1. The van der Waals surface area contributed by atoms with Crippen LogP contribution in [0.2, 0.25) is 10.0 Å². The van der Waals surface area contributed by atoms with Gasteiger partial charge in [-0.2, -0.15) is 0 Å². The van der Waals surface area contributed by atoms with E-state index in [1.165, 1.54) is 0 Å². The van der Waals surface area contributed by atoms with Crippen LogP contribution >= 0.6 is 23.2 Å². The Labute approximate surface area is 86.6 Å². The van der Waals surface area contributed by atoms with E-state index in [0.717, 1.165) is 5.56 Å². The molecule has 1 aromatic rings. The summed E-state index contributed by atoms with van der Waals surface area (Å²) in [5.41, 5.74) is 6.39. The van der Waals surface area contributed by atoms with Crippen LogP contribution in [-0.2, 0) is 0 Å². The molecule has 0 unspecified atom stereocenters. The van der Waals surface area contributed by atoms with Gasteiger partial charge < -0.3 is 10.8 Å². The van der Waals surface area contributed by atoms with Crippen LogP contribution in [0, 0.1) is 0 Å². The molecule has 0 saturated carbocycles. The third kappa shape index (κ3) is 2.15. The fourth-order valence-corrected chi connectivity index (χ4v) is 1.42. The number of rotatable bonds is 2. The number of aromatic hydroxyl groups is 1. The Morgan fingerprint density at radius 2 is 1.85 bits per heavy atom. The van der Waals surface area contributed by atoms with Gasteiger partial charge >= 0.3 is 0 Å². The largest absolute Gasteiger partial charge is 0.505 e. The van der Waals surface area contributed by atoms with Crippen LogP contribution in [0.5, 0.6) is 5.75 Å². The molecule has 0 aliphatic heterocycles. The molecule has 3 N–H and O–H groups in total. The van der Waals surface area contributed by atoms with Gasteiger partial charge in [0.05, 0.1) is 10.0 Å². The van der Waals surface area contributed by atoms with Gasteiger partial charge in [-0.3, -0.25) is 0 Å². The molecule has 0 spiro atoms.